The van der Waals surface area contributed by atoms with Gasteiger partial charge in [0.2, 0.25) is 5.91 Å². The number of H-pyrrole nitrogens is 1. The highest BCUT2D eigenvalue weighted by Crippen LogP contribution is 2.24. The monoisotopic (exact) mass is 407 g/mol. The van der Waals surface area contributed by atoms with Crippen LogP contribution in [0, 0.1) is 6.92 Å². The predicted octanol–water partition coefficient (Wildman–Crippen LogP) is 4.52. The van der Waals surface area contributed by atoms with Crippen molar-refractivity contribution in [3.05, 3.63) is 87.3 Å². The summed E-state index contributed by atoms with van der Waals surface area (Å²) in [6, 6.07) is 17.6. The van der Waals surface area contributed by atoms with E-state index in [-0.39, 0.29) is 17.2 Å². The van der Waals surface area contributed by atoms with Gasteiger partial charge >= 0.3 is 0 Å². The Bertz CT molecular complexity index is 1050. The largest absolute Gasteiger partial charge is 0.325 e. The van der Waals surface area contributed by atoms with E-state index in [0.29, 0.717) is 28.8 Å². The summed E-state index contributed by atoms with van der Waals surface area (Å²) < 4.78 is 0. The van der Waals surface area contributed by atoms with Crippen LogP contribution < -0.4 is 10.9 Å². The van der Waals surface area contributed by atoms with Crippen molar-refractivity contribution in [3.8, 4) is 0 Å². The molecule has 0 radical (unpaired) electrons. The lowest BCUT2D eigenvalue weighted by atomic mass is 10.0. The zero-order valence-electron chi connectivity index (χ0n) is 16.9. The lowest BCUT2D eigenvalue weighted by molar-refractivity contribution is -0.113. The molecule has 0 saturated heterocycles. The number of para-hydroxylation sites is 1. The van der Waals surface area contributed by atoms with Crippen LogP contribution in [-0.4, -0.2) is 21.6 Å². The summed E-state index contributed by atoms with van der Waals surface area (Å²) in [6.07, 6.45) is 0.534. The summed E-state index contributed by atoms with van der Waals surface area (Å²) in [6.45, 7) is 6.01. The van der Waals surface area contributed by atoms with E-state index in [4.69, 9.17) is 0 Å². The smallest absolute Gasteiger partial charge is 0.255 e. The van der Waals surface area contributed by atoms with E-state index in [1.54, 1.807) is 0 Å². The van der Waals surface area contributed by atoms with Gasteiger partial charge in [-0.25, -0.2) is 4.98 Å². The molecule has 0 saturated carbocycles. The van der Waals surface area contributed by atoms with Crippen molar-refractivity contribution in [1.82, 2.24) is 9.97 Å². The molecule has 150 valence electrons. The molecule has 0 aliphatic heterocycles. The third kappa shape index (κ3) is 5.57. The molecule has 2 N–H and O–H groups in total. The molecule has 3 aromatic rings. The molecule has 29 heavy (non-hydrogen) atoms. The van der Waals surface area contributed by atoms with Gasteiger partial charge in [0.25, 0.3) is 5.56 Å². The average molecular weight is 408 g/mol. The van der Waals surface area contributed by atoms with Crippen molar-refractivity contribution in [1.29, 1.82) is 0 Å². The fourth-order valence-electron chi connectivity index (χ4n) is 3.10. The van der Waals surface area contributed by atoms with Gasteiger partial charge in [0, 0.05) is 23.4 Å². The summed E-state index contributed by atoms with van der Waals surface area (Å²) >= 11 is 1.23. The molecule has 6 heteroatoms. The Kier molecular flexibility index (Phi) is 6.88. The van der Waals surface area contributed by atoms with Gasteiger partial charge in [-0.05, 0) is 30.0 Å². The maximum atomic E-state index is 12.5. The number of hydrogen-bond acceptors (Lipinski definition) is 4. The van der Waals surface area contributed by atoms with Crippen LogP contribution in [0.1, 0.15) is 42.1 Å². The number of nitrogens with zero attached hydrogens (tertiary/aromatic N) is 1. The summed E-state index contributed by atoms with van der Waals surface area (Å²) in [5, 5.41) is 3.41. The number of hydrogen-bond donors (Lipinski definition) is 2. The van der Waals surface area contributed by atoms with Crippen LogP contribution >= 0.6 is 11.8 Å². The van der Waals surface area contributed by atoms with E-state index in [1.807, 2.05) is 61.5 Å². The number of anilines is 1. The SMILES string of the molecule is Cc1nc(SCC(=O)Nc2ccccc2C(C)C)[nH]c(=O)c1Cc1ccccc1. The molecule has 1 amide bonds. The first-order valence-corrected chi connectivity index (χ1v) is 10.6. The zero-order chi connectivity index (χ0) is 20.8. The lowest BCUT2D eigenvalue weighted by Gasteiger charge is -2.13. The number of amides is 1. The molecule has 0 aliphatic carbocycles. The molecule has 0 unspecified atom stereocenters. The molecular formula is C23H25N3O2S. The normalized spacial score (nSPS) is 10.9. The van der Waals surface area contributed by atoms with Gasteiger partial charge in [-0.2, -0.15) is 0 Å². The lowest BCUT2D eigenvalue weighted by Crippen LogP contribution is -2.19. The van der Waals surface area contributed by atoms with Crippen LogP contribution in [0.2, 0.25) is 0 Å². The van der Waals surface area contributed by atoms with Crippen LogP contribution in [-0.2, 0) is 11.2 Å². The summed E-state index contributed by atoms with van der Waals surface area (Å²) in [4.78, 5) is 32.2. The van der Waals surface area contributed by atoms with Gasteiger partial charge in [-0.3, -0.25) is 9.59 Å². The molecule has 0 fully saturated rings. The molecular weight excluding hydrogens is 382 g/mol. The van der Waals surface area contributed by atoms with Gasteiger partial charge in [0.1, 0.15) is 0 Å². The zero-order valence-corrected chi connectivity index (χ0v) is 17.7. The highest BCUT2D eigenvalue weighted by atomic mass is 32.2. The first-order valence-electron chi connectivity index (χ1n) is 9.59. The molecule has 0 atom stereocenters. The van der Waals surface area contributed by atoms with Crippen molar-refractivity contribution >= 4 is 23.4 Å². The first kappa shape index (κ1) is 20.9. The number of aryl methyl sites for hydroxylation is 1. The number of aromatic nitrogens is 2. The Morgan fingerprint density at radius 1 is 1.10 bits per heavy atom. The highest BCUT2D eigenvalue weighted by Gasteiger charge is 2.13. The molecule has 2 aromatic carbocycles. The molecule has 0 bridgehead atoms. The fraction of sp³-hybridized carbons (Fsp3) is 0.261. The Hall–Kier alpha value is -2.86. The molecule has 0 aliphatic rings. The minimum Gasteiger partial charge on any atom is -0.325 e. The number of benzene rings is 2. The van der Waals surface area contributed by atoms with Crippen molar-refractivity contribution < 1.29 is 4.79 Å². The Morgan fingerprint density at radius 2 is 1.79 bits per heavy atom. The number of thioether (sulfide) groups is 1. The van der Waals surface area contributed by atoms with Crippen molar-refractivity contribution in [2.45, 2.75) is 38.3 Å². The molecule has 1 heterocycles. The first-order chi connectivity index (χ1) is 13.9. The topological polar surface area (TPSA) is 74.8 Å². The average Bonchev–Trinajstić information content (AvgIpc) is 2.70. The Morgan fingerprint density at radius 3 is 2.48 bits per heavy atom. The third-order valence-corrected chi connectivity index (χ3v) is 5.49. The minimum atomic E-state index is -0.158. The van der Waals surface area contributed by atoms with Crippen LogP contribution in [0.5, 0.6) is 0 Å². The summed E-state index contributed by atoms with van der Waals surface area (Å²) in [5.74, 6) is 0.362. The number of carbonyl (C=O) groups is 1. The van der Waals surface area contributed by atoms with Gasteiger partial charge in [0.15, 0.2) is 5.16 Å². The molecule has 0 spiro atoms. The number of aromatic amines is 1. The highest BCUT2D eigenvalue weighted by molar-refractivity contribution is 7.99. The van der Waals surface area contributed by atoms with Crippen molar-refractivity contribution in [2.24, 2.45) is 0 Å². The van der Waals surface area contributed by atoms with E-state index in [9.17, 15) is 9.59 Å². The van der Waals surface area contributed by atoms with E-state index in [2.05, 4.69) is 29.1 Å². The quantitative estimate of drug-likeness (QED) is 0.446. The second-order valence-electron chi connectivity index (χ2n) is 7.18. The maximum absolute atomic E-state index is 12.5. The van der Waals surface area contributed by atoms with E-state index < -0.39 is 0 Å². The van der Waals surface area contributed by atoms with Crippen molar-refractivity contribution in [2.75, 3.05) is 11.1 Å². The van der Waals surface area contributed by atoms with Crippen LogP contribution in [0.25, 0.3) is 0 Å². The van der Waals surface area contributed by atoms with Crippen LogP contribution in [0.4, 0.5) is 5.69 Å². The number of carbonyl (C=O) groups excluding carboxylic acids is 1. The number of rotatable bonds is 7. The van der Waals surface area contributed by atoms with E-state index >= 15 is 0 Å². The fourth-order valence-corrected chi connectivity index (χ4v) is 3.80. The molecule has 5 nitrogen and oxygen atoms in total. The summed E-state index contributed by atoms with van der Waals surface area (Å²) in [5.41, 5.74) is 4.16. The molecule has 1 aromatic heterocycles. The third-order valence-electron chi connectivity index (χ3n) is 4.62. The van der Waals surface area contributed by atoms with E-state index in [1.165, 1.54) is 11.8 Å². The van der Waals surface area contributed by atoms with Gasteiger partial charge in [-0.1, -0.05) is 74.1 Å². The van der Waals surface area contributed by atoms with Gasteiger partial charge in [-0.15, -0.1) is 0 Å². The van der Waals surface area contributed by atoms with E-state index in [0.717, 1.165) is 16.8 Å². The standard InChI is InChI=1S/C23H25N3O2S/c1-15(2)18-11-7-8-12-20(18)25-21(27)14-29-23-24-16(3)19(22(28)26-23)13-17-9-5-4-6-10-17/h4-12,15H,13-14H2,1-3H3,(H,25,27)(H,24,26,28). The van der Waals surface area contributed by atoms with Crippen LogP contribution in [0.15, 0.2) is 64.5 Å². The van der Waals surface area contributed by atoms with Gasteiger partial charge in [0.05, 0.1) is 5.75 Å². The number of nitrogens with one attached hydrogen (secondary N) is 2. The van der Waals surface area contributed by atoms with Crippen LogP contribution in [0.3, 0.4) is 0 Å². The van der Waals surface area contributed by atoms with Crippen molar-refractivity contribution in [3.63, 3.8) is 0 Å². The minimum absolute atomic E-state index is 0.128. The maximum Gasteiger partial charge on any atom is 0.255 e. The second-order valence-corrected chi connectivity index (χ2v) is 8.14. The second kappa shape index (κ2) is 9.56. The Balaban J connectivity index is 1.65. The van der Waals surface area contributed by atoms with Gasteiger partial charge < -0.3 is 10.3 Å². The predicted molar refractivity (Wildman–Crippen MR) is 119 cm³/mol. The molecule has 3 rings (SSSR count). The Labute approximate surface area is 175 Å². The summed E-state index contributed by atoms with van der Waals surface area (Å²) in [7, 11) is 0.